The first-order valence-corrected chi connectivity index (χ1v) is 9.66. The summed E-state index contributed by atoms with van der Waals surface area (Å²) in [7, 11) is 0. The summed E-state index contributed by atoms with van der Waals surface area (Å²) in [4.78, 5) is 22.0. The third-order valence-corrected chi connectivity index (χ3v) is 5.02. The van der Waals surface area contributed by atoms with Crippen molar-refractivity contribution in [2.75, 3.05) is 5.73 Å². The molecule has 6 nitrogen and oxygen atoms in total. The Balaban J connectivity index is 2.02. The van der Waals surface area contributed by atoms with E-state index in [0.29, 0.717) is 17.5 Å². The Kier molecular flexibility index (Phi) is 5.04. The van der Waals surface area contributed by atoms with Gasteiger partial charge in [-0.25, -0.2) is 14.8 Å². The summed E-state index contributed by atoms with van der Waals surface area (Å²) in [6, 6.07) is 11.6. The van der Waals surface area contributed by atoms with Gasteiger partial charge in [-0.1, -0.05) is 25.1 Å². The first-order chi connectivity index (χ1) is 14.7. The molecule has 0 amide bonds. The molecule has 0 unspecified atom stereocenters. The minimum atomic E-state index is -4.54. The van der Waals surface area contributed by atoms with Crippen LogP contribution in [0.2, 0.25) is 0 Å². The molecule has 160 valence electrons. The quantitative estimate of drug-likeness (QED) is 0.456. The molecule has 0 saturated carbocycles. The predicted octanol–water partition coefficient (Wildman–Crippen LogP) is 5.13. The Hall–Kier alpha value is -3.62. The molecule has 0 bridgehead atoms. The summed E-state index contributed by atoms with van der Waals surface area (Å²) < 4.78 is 46.6. The number of para-hydroxylation sites is 2. The Morgan fingerprint density at radius 3 is 2.45 bits per heavy atom. The summed E-state index contributed by atoms with van der Waals surface area (Å²) in [5, 5.41) is 0. The number of ether oxygens (including phenoxy) is 1. The van der Waals surface area contributed by atoms with E-state index in [1.54, 1.807) is 31.2 Å². The van der Waals surface area contributed by atoms with E-state index < -0.39 is 17.7 Å². The summed E-state index contributed by atoms with van der Waals surface area (Å²) in [6.45, 7) is 3.60. The lowest BCUT2D eigenvalue weighted by Crippen LogP contribution is -2.15. The number of benzene rings is 2. The van der Waals surface area contributed by atoms with Crippen molar-refractivity contribution in [2.24, 2.45) is 0 Å². The van der Waals surface area contributed by atoms with Gasteiger partial charge in [0.05, 0.1) is 22.7 Å². The largest absolute Gasteiger partial charge is 0.459 e. The van der Waals surface area contributed by atoms with Crippen LogP contribution in [-0.2, 0) is 10.9 Å². The van der Waals surface area contributed by atoms with Crippen LogP contribution in [-0.4, -0.2) is 26.6 Å². The summed E-state index contributed by atoms with van der Waals surface area (Å²) in [6.07, 6.45) is -4.32. The number of aromatic nitrogens is 3. The maximum Gasteiger partial charge on any atom is 0.416 e. The predicted molar refractivity (Wildman–Crippen MR) is 111 cm³/mol. The smallest absolute Gasteiger partial charge is 0.416 e. The van der Waals surface area contributed by atoms with Crippen molar-refractivity contribution < 1.29 is 22.7 Å². The molecule has 0 aliphatic heterocycles. The lowest BCUT2D eigenvalue weighted by Gasteiger charge is -2.12. The van der Waals surface area contributed by atoms with Crippen molar-refractivity contribution in [2.45, 2.75) is 32.5 Å². The zero-order chi connectivity index (χ0) is 22.3. The van der Waals surface area contributed by atoms with Gasteiger partial charge in [-0.15, -0.1) is 0 Å². The second kappa shape index (κ2) is 7.57. The molecule has 0 fully saturated rings. The molecule has 0 aliphatic carbocycles. The van der Waals surface area contributed by atoms with Gasteiger partial charge in [0.1, 0.15) is 16.9 Å². The van der Waals surface area contributed by atoms with E-state index >= 15 is 0 Å². The third-order valence-electron chi connectivity index (χ3n) is 5.02. The highest BCUT2D eigenvalue weighted by Gasteiger charge is 2.32. The van der Waals surface area contributed by atoms with Crippen LogP contribution in [0.3, 0.4) is 0 Å². The van der Waals surface area contributed by atoms with Gasteiger partial charge in [0.25, 0.3) is 0 Å². The van der Waals surface area contributed by atoms with Crippen LogP contribution in [0.5, 0.6) is 0 Å². The fourth-order valence-corrected chi connectivity index (χ4v) is 3.27. The number of nitrogens with two attached hydrogens (primary N) is 1. The number of anilines is 1. The lowest BCUT2D eigenvalue weighted by atomic mass is 10.2. The van der Waals surface area contributed by atoms with Crippen LogP contribution in [0.4, 0.5) is 19.0 Å². The molecule has 1 atom stereocenters. The van der Waals surface area contributed by atoms with Crippen LogP contribution in [0.25, 0.3) is 27.9 Å². The normalized spacial score (nSPS) is 12.9. The van der Waals surface area contributed by atoms with Gasteiger partial charge in [-0.3, -0.25) is 4.57 Å². The zero-order valence-corrected chi connectivity index (χ0v) is 16.8. The number of esters is 1. The standard InChI is InChI=1S/C22H19F3N4O2/c1-3-12(2)31-21(30)17-18-20(28-16-10-5-4-9-15(16)27-18)29(19(17)26)14-8-6-7-13(11-14)22(23,24)25/h4-12H,3,26H2,1-2H3/t12-/m1/s1. The maximum atomic E-state index is 13.3. The number of alkyl halides is 3. The first-order valence-electron chi connectivity index (χ1n) is 9.66. The number of rotatable bonds is 4. The SMILES string of the molecule is CC[C@@H](C)OC(=O)c1c(N)n(-c2cccc(C(F)(F)F)c2)c2nc3ccccc3nc12. The molecule has 2 heterocycles. The summed E-state index contributed by atoms with van der Waals surface area (Å²) >= 11 is 0. The molecule has 2 aromatic carbocycles. The third kappa shape index (κ3) is 3.67. The number of hydrogen-bond donors (Lipinski definition) is 1. The topological polar surface area (TPSA) is 83.0 Å². The van der Waals surface area contributed by atoms with Crippen molar-refractivity contribution in [1.82, 2.24) is 14.5 Å². The lowest BCUT2D eigenvalue weighted by molar-refractivity contribution is -0.137. The number of carbonyl (C=O) groups is 1. The van der Waals surface area contributed by atoms with Gasteiger partial charge in [-0.2, -0.15) is 13.2 Å². The average molecular weight is 428 g/mol. The van der Waals surface area contributed by atoms with Gasteiger partial charge >= 0.3 is 12.1 Å². The van der Waals surface area contributed by atoms with E-state index in [9.17, 15) is 18.0 Å². The fourth-order valence-electron chi connectivity index (χ4n) is 3.27. The molecule has 2 aromatic heterocycles. The number of nitrogens with zero attached hydrogens (tertiary/aromatic N) is 3. The van der Waals surface area contributed by atoms with Crippen LogP contribution in [0, 0.1) is 0 Å². The van der Waals surface area contributed by atoms with E-state index in [1.807, 2.05) is 6.92 Å². The van der Waals surface area contributed by atoms with Crippen molar-refractivity contribution in [3.63, 3.8) is 0 Å². The minimum Gasteiger partial charge on any atom is -0.459 e. The molecule has 9 heteroatoms. The van der Waals surface area contributed by atoms with Gasteiger partial charge < -0.3 is 10.5 Å². The zero-order valence-electron chi connectivity index (χ0n) is 16.8. The van der Waals surface area contributed by atoms with E-state index in [1.165, 1.54) is 16.7 Å². The monoisotopic (exact) mass is 428 g/mol. The first kappa shape index (κ1) is 20.6. The molecule has 4 rings (SSSR count). The van der Waals surface area contributed by atoms with E-state index in [-0.39, 0.29) is 34.3 Å². The van der Waals surface area contributed by atoms with Crippen LogP contribution in [0.1, 0.15) is 36.2 Å². The highest BCUT2D eigenvalue weighted by Crippen LogP contribution is 2.35. The number of nitrogen functional groups attached to an aromatic ring is 1. The Morgan fingerprint density at radius 1 is 1.13 bits per heavy atom. The number of hydrogen-bond acceptors (Lipinski definition) is 5. The fraction of sp³-hybridized carbons (Fsp3) is 0.227. The average Bonchev–Trinajstić information content (AvgIpc) is 3.02. The highest BCUT2D eigenvalue weighted by atomic mass is 19.4. The van der Waals surface area contributed by atoms with Crippen molar-refractivity contribution in [1.29, 1.82) is 0 Å². The number of fused-ring (bicyclic) bond motifs is 2. The molecule has 0 radical (unpaired) electrons. The van der Waals surface area contributed by atoms with Gasteiger partial charge in [0, 0.05) is 5.69 Å². The van der Waals surface area contributed by atoms with Crippen molar-refractivity contribution in [3.05, 3.63) is 59.7 Å². The van der Waals surface area contributed by atoms with E-state index in [4.69, 9.17) is 10.5 Å². The molecule has 2 N–H and O–H groups in total. The summed E-state index contributed by atoms with van der Waals surface area (Å²) in [5.41, 5.74) is 6.92. The van der Waals surface area contributed by atoms with Crippen LogP contribution >= 0.6 is 0 Å². The number of halogens is 3. The van der Waals surface area contributed by atoms with Crippen LogP contribution in [0.15, 0.2) is 48.5 Å². The molecular formula is C22H19F3N4O2. The molecule has 0 saturated heterocycles. The van der Waals surface area contributed by atoms with E-state index in [0.717, 1.165) is 12.1 Å². The molecular weight excluding hydrogens is 409 g/mol. The molecule has 0 spiro atoms. The van der Waals surface area contributed by atoms with Gasteiger partial charge in [-0.05, 0) is 43.7 Å². The Bertz CT molecular complexity index is 1300. The van der Waals surface area contributed by atoms with E-state index in [2.05, 4.69) is 9.97 Å². The maximum absolute atomic E-state index is 13.3. The highest BCUT2D eigenvalue weighted by molar-refractivity contribution is 6.09. The van der Waals surface area contributed by atoms with Crippen molar-refractivity contribution >= 4 is 34.0 Å². The molecule has 4 aromatic rings. The van der Waals surface area contributed by atoms with Crippen LogP contribution < -0.4 is 5.73 Å². The Morgan fingerprint density at radius 2 is 1.81 bits per heavy atom. The second-order valence-electron chi connectivity index (χ2n) is 7.15. The van der Waals surface area contributed by atoms with Gasteiger partial charge in [0.2, 0.25) is 0 Å². The Labute approximate surface area is 175 Å². The van der Waals surface area contributed by atoms with Crippen molar-refractivity contribution in [3.8, 4) is 5.69 Å². The minimum absolute atomic E-state index is 0.0223. The second-order valence-corrected chi connectivity index (χ2v) is 7.15. The molecule has 0 aliphatic rings. The number of carbonyl (C=O) groups excluding carboxylic acids is 1. The summed E-state index contributed by atoms with van der Waals surface area (Å²) in [5.74, 6) is -0.787. The molecule has 31 heavy (non-hydrogen) atoms. The van der Waals surface area contributed by atoms with Gasteiger partial charge in [0.15, 0.2) is 5.65 Å².